The van der Waals surface area contributed by atoms with Crippen LogP contribution in [0, 0.1) is 0 Å². The van der Waals surface area contributed by atoms with Crippen LogP contribution in [0.3, 0.4) is 0 Å². The van der Waals surface area contributed by atoms with Gasteiger partial charge in [0.1, 0.15) is 0 Å². The fraction of sp³-hybridized carbons (Fsp3) is 0.333. The zero-order chi connectivity index (χ0) is 18.1. The third kappa shape index (κ3) is 3.48. The van der Waals surface area contributed by atoms with Crippen LogP contribution < -0.4 is 26.1 Å². The molecule has 2 aromatic carbocycles. The number of carbonyl (C=O) groups is 2. The van der Waals surface area contributed by atoms with Crippen molar-refractivity contribution in [2.45, 2.75) is 23.2 Å². The summed E-state index contributed by atoms with van der Waals surface area (Å²) in [6.07, 6.45) is 3.83. The molecule has 1 atom stereocenters. The number of ketones is 1. The number of hydrogen-bond donors (Lipinski definition) is 0. The molecular weight excluding hydrogens is 505 g/mol. The molecule has 2 aromatic rings. The number of carbonyl (C=O) groups excluding carboxylic acids is 2. The van der Waals surface area contributed by atoms with E-state index in [1.54, 1.807) is 0 Å². The van der Waals surface area contributed by atoms with E-state index in [9.17, 15) is 9.59 Å². The van der Waals surface area contributed by atoms with Crippen molar-refractivity contribution in [2.75, 3.05) is 22.4 Å². The van der Waals surface area contributed by atoms with Gasteiger partial charge in [-0.05, 0) is 0 Å². The molecule has 0 N–H and O–H groups in total. The summed E-state index contributed by atoms with van der Waals surface area (Å²) in [6.45, 7) is 2.25. The van der Waals surface area contributed by atoms with Crippen molar-refractivity contribution in [3.05, 3.63) is 63.1 Å². The molecule has 26 heavy (non-hydrogen) atoms. The van der Waals surface area contributed by atoms with Crippen LogP contribution in [0.5, 0.6) is 0 Å². The molecule has 1 fully saturated rings. The van der Waals surface area contributed by atoms with Crippen LogP contribution in [-0.4, -0.2) is 33.5 Å². The van der Waals surface area contributed by atoms with Gasteiger partial charge in [-0.1, -0.05) is 0 Å². The number of rotatable bonds is 4. The van der Waals surface area contributed by atoms with Crippen LogP contribution in [0.25, 0.3) is 0 Å². The fourth-order valence-electron chi connectivity index (χ4n) is 3.56. The quantitative estimate of drug-likeness (QED) is 0.339. The average molecular weight is 525 g/mol. The number of nitrogens with zero attached hydrogens (tertiary/aromatic N) is 1. The summed E-state index contributed by atoms with van der Waals surface area (Å²) in [5, 5.41) is 0. The number of fused-ring (bicyclic) bond motifs is 1. The zero-order valence-corrected chi connectivity index (χ0v) is 18.1. The Balaban J connectivity index is 1.61. The number of alkyl halides is 2. The molecule has 0 aliphatic carbocycles. The van der Waals surface area contributed by atoms with Gasteiger partial charge in [-0.25, -0.2) is 0 Å². The summed E-state index contributed by atoms with van der Waals surface area (Å²) in [6, 6.07) is 12.2. The molecule has 2 aliphatic rings. The van der Waals surface area contributed by atoms with Gasteiger partial charge in [0, 0.05) is 0 Å². The molecule has 1 unspecified atom stereocenters. The molecule has 136 valence electrons. The number of anilines is 1. The first-order chi connectivity index (χ1) is 12.7. The van der Waals surface area contributed by atoms with Crippen LogP contribution in [0.15, 0.2) is 40.9 Å². The number of halogens is 2. The SMILES string of the molecule is O=Cc1c(Br)cccc1CC1[I-]CCc2cc(N3CCC3)ccc2C1=O. The van der Waals surface area contributed by atoms with E-state index >= 15 is 0 Å². The first-order valence-electron chi connectivity index (χ1n) is 8.90. The Morgan fingerprint density at radius 2 is 2.08 bits per heavy atom. The number of Topliss-reactive ketones (excluding diaryl/α,β-unsaturated/α-hetero) is 1. The predicted molar refractivity (Wildman–Crippen MR) is 103 cm³/mol. The van der Waals surface area contributed by atoms with Crippen molar-refractivity contribution < 1.29 is 30.8 Å². The standard InChI is InChI=1S/C21H20BrINO2/c22-19-4-1-3-14(18(19)13-25)12-20-21(26)17-6-5-16(24-9-2-10-24)11-15(17)7-8-23-20/h1,3-6,11,13,20H,2,7-10,12H2/q-1. The van der Waals surface area contributed by atoms with Gasteiger partial charge >= 0.3 is 173 Å². The van der Waals surface area contributed by atoms with E-state index in [-0.39, 0.29) is 30.9 Å². The van der Waals surface area contributed by atoms with Gasteiger partial charge < -0.3 is 0 Å². The minimum atomic E-state index is -0.231. The molecule has 4 rings (SSSR count). The molecular formula is C21H20BrINO2-. The van der Waals surface area contributed by atoms with E-state index in [0.717, 1.165) is 45.8 Å². The average Bonchev–Trinajstić information content (AvgIpc) is 2.73. The second kappa shape index (κ2) is 7.80. The van der Waals surface area contributed by atoms with Crippen LogP contribution in [0.4, 0.5) is 5.69 Å². The van der Waals surface area contributed by atoms with Crippen molar-refractivity contribution >= 4 is 33.7 Å². The Hall–Kier alpha value is -1.21. The first kappa shape index (κ1) is 18.2. The molecule has 0 amide bonds. The van der Waals surface area contributed by atoms with Gasteiger partial charge in [-0.3, -0.25) is 0 Å². The number of aldehydes is 1. The monoisotopic (exact) mass is 524 g/mol. The van der Waals surface area contributed by atoms with Gasteiger partial charge in [-0.15, -0.1) is 0 Å². The molecule has 0 aromatic heterocycles. The Bertz CT molecular complexity index is 863. The predicted octanol–water partition coefficient (Wildman–Crippen LogP) is 0.911. The summed E-state index contributed by atoms with van der Waals surface area (Å²) < 4.78 is 1.98. The van der Waals surface area contributed by atoms with Gasteiger partial charge in [0.15, 0.2) is 0 Å². The van der Waals surface area contributed by atoms with Gasteiger partial charge in [0.25, 0.3) is 0 Å². The van der Waals surface area contributed by atoms with Crippen molar-refractivity contribution in [1.29, 1.82) is 0 Å². The Labute approximate surface area is 172 Å². The molecule has 2 aliphatic heterocycles. The summed E-state index contributed by atoms with van der Waals surface area (Å²) in [4.78, 5) is 27.0. The van der Waals surface area contributed by atoms with E-state index in [1.165, 1.54) is 17.7 Å². The van der Waals surface area contributed by atoms with Crippen molar-refractivity contribution in [1.82, 2.24) is 0 Å². The summed E-state index contributed by atoms with van der Waals surface area (Å²) in [5.41, 5.74) is 5.04. The molecule has 0 radical (unpaired) electrons. The van der Waals surface area contributed by atoms with Gasteiger partial charge in [-0.2, -0.15) is 0 Å². The van der Waals surface area contributed by atoms with Crippen molar-refractivity contribution in [3.63, 3.8) is 0 Å². The molecule has 3 nitrogen and oxygen atoms in total. The Morgan fingerprint density at radius 1 is 1.23 bits per heavy atom. The normalized spacial score (nSPS) is 19.8. The minimum absolute atomic E-state index is 0.0536. The molecule has 0 bridgehead atoms. The second-order valence-electron chi connectivity index (χ2n) is 6.74. The summed E-state index contributed by atoms with van der Waals surface area (Å²) >= 11 is 3.22. The third-order valence-electron chi connectivity index (χ3n) is 5.18. The van der Waals surface area contributed by atoms with Gasteiger partial charge in [0.05, 0.1) is 0 Å². The summed E-state index contributed by atoms with van der Waals surface area (Å²) in [7, 11) is 0. The topological polar surface area (TPSA) is 37.4 Å². The Morgan fingerprint density at radius 3 is 2.81 bits per heavy atom. The van der Waals surface area contributed by atoms with E-state index in [2.05, 4.69) is 33.0 Å². The van der Waals surface area contributed by atoms with Crippen molar-refractivity contribution in [3.8, 4) is 0 Å². The molecule has 2 heterocycles. The fourth-order valence-corrected chi connectivity index (χ4v) is 7.22. The second-order valence-corrected chi connectivity index (χ2v) is 11.1. The molecule has 0 spiro atoms. The maximum atomic E-state index is 13.2. The van der Waals surface area contributed by atoms with E-state index in [4.69, 9.17) is 0 Å². The van der Waals surface area contributed by atoms with Crippen LogP contribution in [0.1, 0.15) is 38.3 Å². The van der Waals surface area contributed by atoms with Crippen LogP contribution in [-0.2, 0) is 12.8 Å². The maximum absolute atomic E-state index is 13.2. The van der Waals surface area contributed by atoms with Crippen LogP contribution >= 0.6 is 15.9 Å². The Kier molecular flexibility index (Phi) is 5.45. The molecule has 5 heteroatoms. The number of aryl methyl sites for hydroxylation is 1. The van der Waals surface area contributed by atoms with E-state index < -0.39 is 0 Å². The van der Waals surface area contributed by atoms with Crippen LogP contribution in [0.2, 0.25) is 0 Å². The number of hydrogen-bond acceptors (Lipinski definition) is 3. The zero-order valence-electron chi connectivity index (χ0n) is 14.4. The van der Waals surface area contributed by atoms with Gasteiger partial charge in [0.2, 0.25) is 0 Å². The summed E-state index contributed by atoms with van der Waals surface area (Å²) in [5.74, 6) is 0.275. The van der Waals surface area contributed by atoms with E-state index in [1.807, 2.05) is 24.3 Å². The first-order valence-corrected chi connectivity index (χ1v) is 12.5. The number of benzene rings is 2. The molecule has 0 saturated carbocycles. The van der Waals surface area contributed by atoms with Crippen molar-refractivity contribution in [2.24, 2.45) is 0 Å². The third-order valence-corrected chi connectivity index (χ3v) is 9.10. The van der Waals surface area contributed by atoms with E-state index in [0.29, 0.717) is 12.0 Å². The molecule has 1 saturated heterocycles.